The van der Waals surface area contributed by atoms with Crippen molar-refractivity contribution in [2.75, 3.05) is 12.3 Å². The number of anilines is 1. The number of halogens is 1. The van der Waals surface area contributed by atoms with Crippen molar-refractivity contribution in [1.82, 2.24) is 9.55 Å². The Balaban J connectivity index is 2.26. The van der Waals surface area contributed by atoms with E-state index in [9.17, 15) is 18.8 Å². The Kier molecular flexibility index (Phi) is 5.02. The normalized spacial score (nSPS) is 26.1. The van der Waals surface area contributed by atoms with E-state index in [0.717, 1.165) is 24.7 Å². The number of carboxylic acids is 1. The maximum atomic E-state index is 14.7. The monoisotopic (exact) mass is 345 g/mol. The number of carbonyl (C=O) groups is 3. The van der Waals surface area contributed by atoms with Crippen LogP contribution in [-0.4, -0.2) is 57.6 Å². The number of carbonyl (C=O) groups excluding carboxylic acids is 2. The highest BCUT2D eigenvalue weighted by molar-refractivity contribution is 5.90. The molecular formula is C13H16FN3O7. The van der Waals surface area contributed by atoms with Crippen LogP contribution in [0.2, 0.25) is 0 Å². The zero-order valence-corrected chi connectivity index (χ0v) is 12.8. The van der Waals surface area contributed by atoms with Crippen LogP contribution < -0.4 is 5.73 Å². The van der Waals surface area contributed by atoms with E-state index >= 15 is 0 Å². The van der Waals surface area contributed by atoms with Crippen molar-refractivity contribution in [3.8, 4) is 0 Å². The van der Waals surface area contributed by atoms with E-state index in [0.29, 0.717) is 0 Å². The lowest BCUT2D eigenvalue weighted by Gasteiger charge is -2.18. The molecule has 0 spiro atoms. The first-order valence-corrected chi connectivity index (χ1v) is 6.88. The molecule has 2 rings (SSSR count). The van der Waals surface area contributed by atoms with Crippen molar-refractivity contribution >= 4 is 23.7 Å². The molecule has 4 atom stereocenters. The molecule has 1 aromatic heterocycles. The molecule has 0 amide bonds. The Morgan fingerprint density at radius 3 is 2.58 bits per heavy atom. The van der Waals surface area contributed by atoms with Gasteiger partial charge < -0.3 is 25.1 Å². The van der Waals surface area contributed by atoms with E-state index in [4.69, 9.17) is 25.1 Å². The van der Waals surface area contributed by atoms with Gasteiger partial charge in [-0.2, -0.15) is 0 Å². The lowest BCUT2D eigenvalue weighted by Crippen LogP contribution is -2.36. The fourth-order valence-corrected chi connectivity index (χ4v) is 2.32. The average molecular weight is 345 g/mol. The first-order valence-electron chi connectivity index (χ1n) is 6.88. The SMILES string of the molecule is CC(=O)OC[C@H]1O[C@@H](n2cnc(C(=O)O)c2N)[C@@H](F)[C@@H]1OC(C)=O. The number of nitrogen functional groups attached to an aromatic ring is 1. The van der Waals surface area contributed by atoms with Crippen LogP contribution >= 0.6 is 0 Å². The number of alkyl halides is 1. The molecule has 2 heterocycles. The van der Waals surface area contributed by atoms with Gasteiger partial charge >= 0.3 is 17.9 Å². The van der Waals surface area contributed by atoms with Gasteiger partial charge in [-0.05, 0) is 0 Å². The summed E-state index contributed by atoms with van der Waals surface area (Å²) in [5.41, 5.74) is 5.18. The molecule has 10 nitrogen and oxygen atoms in total. The van der Waals surface area contributed by atoms with Crippen molar-refractivity contribution in [2.45, 2.75) is 38.5 Å². The molecule has 0 unspecified atom stereocenters. The maximum absolute atomic E-state index is 14.7. The van der Waals surface area contributed by atoms with Crippen LogP contribution in [0.25, 0.3) is 0 Å². The molecule has 1 aliphatic heterocycles. The third kappa shape index (κ3) is 3.45. The number of ether oxygens (including phenoxy) is 3. The Hall–Kier alpha value is -2.69. The van der Waals surface area contributed by atoms with Gasteiger partial charge in [0.05, 0.1) is 6.33 Å². The number of nitrogens with two attached hydrogens (primary N) is 1. The summed E-state index contributed by atoms with van der Waals surface area (Å²) in [5.74, 6) is -3.06. The highest BCUT2D eigenvalue weighted by Gasteiger charge is 2.49. The predicted octanol–water partition coefficient (Wildman–Crippen LogP) is -0.106. The van der Waals surface area contributed by atoms with E-state index < -0.39 is 48.2 Å². The Morgan fingerprint density at radius 2 is 2.08 bits per heavy atom. The Bertz CT molecular complexity index is 662. The molecule has 0 aromatic carbocycles. The zero-order valence-electron chi connectivity index (χ0n) is 12.8. The molecule has 0 radical (unpaired) electrons. The van der Waals surface area contributed by atoms with Crippen LogP contribution in [-0.2, 0) is 23.8 Å². The van der Waals surface area contributed by atoms with Crippen LogP contribution in [0.1, 0.15) is 30.6 Å². The van der Waals surface area contributed by atoms with Crippen molar-refractivity contribution in [2.24, 2.45) is 0 Å². The summed E-state index contributed by atoms with van der Waals surface area (Å²) in [6.45, 7) is 1.91. The number of aromatic nitrogens is 2. The first kappa shape index (κ1) is 17.7. The molecule has 24 heavy (non-hydrogen) atoms. The van der Waals surface area contributed by atoms with E-state index in [2.05, 4.69) is 4.98 Å². The first-order chi connectivity index (χ1) is 11.2. The predicted molar refractivity (Wildman–Crippen MR) is 74.6 cm³/mol. The molecule has 0 aliphatic carbocycles. The van der Waals surface area contributed by atoms with Crippen molar-refractivity contribution in [3.05, 3.63) is 12.0 Å². The standard InChI is InChI=1S/C13H16FN3O7/c1-5(18)22-3-7-10(23-6(2)19)8(14)12(24-7)17-4-16-9(11(17)15)13(20)21/h4,7-8,10,12H,3,15H2,1-2H3,(H,20,21)/t7-,8+,10-,12-/m1/s1. The summed E-state index contributed by atoms with van der Waals surface area (Å²) >= 11 is 0. The highest BCUT2D eigenvalue weighted by Crippen LogP contribution is 2.36. The number of esters is 2. The third-order valence-corrected chi connectivity index (χ3v) is 3.33. The number of imidazole rings is 1. The number of aromatic carboxylic acids is 1. The Labute approximate surface area is 135 Å². The van der Waals surface area contributed by atoms with Crippen LogP contribution in [0.15, 0.2) is 6.33 Å². The van der Waals surface area contributed by atoms with Gasteiger partial charge in [0, 0.05) is 13.8 Å². The number of hydrogen-bond acceptors (Lipinski definition) is 8. The van der Waals surface area contributed by atoms with Gasteiger partial charge in [0.15, 0.2) is 24.2 Å². The lowest BCUT2D eigenvalue weighted by molar-refractivity contribution is -0.156. The van der Waals surface area contributed by atoms with E-state index in [1.165, 1.54) is 0 Å². The van der Waals surface area contributed by atoms with Gasteiger partial charge in [-0.15, -0.1) is 0 Å². The fraction of sp³-hybridized carbons (Fsp3) is 0.538. The van der Waals surface area contributed by atoms with Crippen molar-refractivity contribution < 1.29 is 38.1 Å². The van der Waals surface area contributed by atoms with E-state index in [1.807, 2.05) is 0 Å². The van der Waals surface area contributed by atoms with Crippen LogP contribution in [0.3, 0.4) is 0 Å². The fourth-order valence-electron chi connectivity index (χ4n) is 2.32. The number of hydrogen-bond donors (Lipinski definition) is 2. The van der Waals surface area contributed by atoms with Gasteiger partial charge in [-0.25, -0.2) is 14.2 Å². The second-order valence-electron chi connectivity index (χ2n) is 5.08. The molecular weight excluding hydrogens is 329 g/mol. The summed E-state index contributed by atoms with van der Waals surface area (Å²) in [7, 11) is 0. The average Bonchev–Trinajstić information content (AvgIpc) is 2.98. The second-order valence-corrected chi connectivity index (χ2v) is 5.08. The van der Waals surface area contributed by atoms with E-state index in [-0.39, 0.29) is 12.4 Å². The molecule has 1 aromatic rings. The minimum Gasteiger partial charge on any atom is -0.476 e. The summed E-state index contributed by atoms with van der Waals surface area (Å²) < 4.78 is 30.7. The molecule has 1 saturated heterocycles. The number of carboxylic acid groups (broad SMARTS) is 1. The van der Waals surface area contributed by atoms with Crippen molar-refractivity contribution in [1.29, 1.82) is 0 Å². The molecule has 1 aliphatic rings. The van der Waals surface area contributed by atoms with Crippen LogP contribution in [0, 0.1) is 0 Å². The summed E-state index contributed by atoms with van der Waals surface area (Å²) in [4.78, 5) is 36.6. The van der Waals surface area contributed by atoms with Crippen LogP contribution in [0.4, 0.5) is 10.2 Å². The maximum Gasteiger partial charge on any atom is 0.358 e. The van der Waals surface area contributed by atoms with Gasteiger partial charge in [-0.3, -0.25) is 14.2 Å². The van der Waals surface area contributed by atoms with Gasteiger partial charge in [-0.1, -0.05) is 0 Å². The molecule has 1 fully saturated rings. The molecule has 0 saturated carbocycles. The number of rotatable bonds is 5. The molecule has 132 valence electrons. The highest BCUT2D eigenvalue weighted by atomic mass is 19.1. The number of nitrogens with zero attached hydrogens (tertiary/aromatic N) is 2. The second kappa shape index (κ2) is 6.83. The Morgan fingerprint density at radius 1 is 1.42 bits per heavy atom. The van der Waals surface area contributed by atoms with Gasteiger partial charge in [0.25, 0.3) is 0 Å². The largest absolute Gasteiger partial charge is 0.476 e. The topological polar surface area (TPSA) is 143 Å². The summed E-state index contributed by atoms with van der Waals surface area (Å²) in [6, 6.07) is 0. The minimum absolute atomic E-state index is 0.315. The molecule has 0 bridgehead atoms. The van der Waals surface area contributed by atoms with Crippen molar-refractivity contribution in [3.63, 3.8) is 0 Å². The third-order valence-electron chi connectivity index (χ3n) is 3.33. The van der Waals surface area contributed by atoms with Crippen LogP contribution in [0.5, 0.6) is 0 Å². The molecule has 3 N–H and O–H groups in total. The molecule has 11 heteroatoms. The lowest BCUT2D eigenvalue weighted by atomic mass is 10.1. The van der Waals surface area contributed by atoms with E-state index in [1.54, 1.807) is 0 Å². The zero-order chi connectivity index (χ0) is 18.0. The quantitative estimate of drug-likeness (QED) is 0.699. The van der Waals surface area contributed by atoms with Gasteiger partial charge in [0.1, 0.15) is 18.5 Å². The smallest absolute Gasteiger partial charge is 0.358 e. The summed E-state index contributed by atoms with van der Waals surface area (Å²) in [5, 5.41) is 8.94. The van der Waals surface area contributed by atoms with Gasteiger partial charge in [0.2, 0.25) is 0 Å². The summed E-state index contributed by atoms with van der Waals surface area (Å²) in [6.07, 6.45) is -4.66. The minimum atomic E-state index is -1.87.